The van der Waals surface area contributed by atoms with E-state index in [1.165, 1.54) is 12.1 Å². The van der Waals surface area contributed by atoms with Crippen molar-refractivity contribution in [3.05, 3.63) is 46.1 Å². The largest absolute Gasteiger partial charge is 0.359 e. The second kappa shape index (κ2) is 7.90. The number of alkyl halides is 2. The van der Waals surface area contributed by atoms with Crippen molar-refractivity contribution in [1.82, 2.24) is 15.3 Å². The van der Waals surface area contributed by atoms with Gasteiger partial charge in [0.25, 0.3) is 5.92 Å². The first-order chi connectivity index (χ1) is 12.9. The molecule has 144 valence electrons. The van der Waals surface area contributed by atoms with Crippen LogP contribution in [0.1, 0.15) is 49.8 Å². The lowest BCUT2D eigenvalue weighted by Gasteiger charge is -2.20. The molecule has 27 heavy (non-hydrogen) atoms. The molecular formula is C20H24F2N4O. The molecule has 0 fully saturated rings. The van der Waals surface area contributed by atoms with E-state index in [9.17, 15) is 13.6 Å². The van der Waals surface area contributed by atoms with Crippen LogP contribution in [0.5, 0.6) is 0 Å². The first-order valence-electron chi connectivity index (χ1n) is 9.08. The first kappa shape index (κ1) is 19.1. The van der Waals surface area contributed by atoms with Crippen molar-refractivity contribution in [2.75, 3.05) is 12.4 Å². The average molecular weight is 374 g/mol. The van der Waals surface area contributed by atoms with E-state index in [2.05, 4.69) is 32.8 Å². The van der Waals surface area contributed by atoms with Crippen LogP contribution in [0.2, 0.25) is 0 Å². The molecule has 5 nitrogen and oxygen atoms in total. The summed E-state index contributed by atoms with van der Waals surface area (Å²) >= 11 is 0. The fourth-order valence-corrected chi connectivity index (χ4v) is 3.14. The number of anilines is 1. The maximum absolute atomic E-state index is 13.7. The van der Waals surface area contributed by atoms with Gasteiger partial charge in [-0.25, -0.2) is 13.8 Å². The molecule has 1 aromatic heterocycles. The Bertz CT molecular complexity index is 897. The van der Waals surface area contributed by atoms with Crippen LogP contribution in [0.4, 0.5) is 14.7 Å². The van der Waals surface area contributed by atoms with E-state index in [0.717, 1.165) is 30.5 Å². The average Bonchev–Trinajstić information content (AvgIpc) is 3.06. The lowest BCUT2D eigenvalue weighted by Crippen LogP contribution is -2.26. The number of carbonyl (C=O) groups excluding carboxylic acids is 1. The molecule has 2 aromatic rings. The highest BCUT2D eigenvalue weighted by Gasteiger charge is 2.25. The van der Waals surface area contributed by atoms with Crippen molar-refractivity contribution < 1.29 is 13.6 Å². The number of hydrogen-bond donors (Lipinski definition) is 3. The van der Waals surface area contributed by atoms with Crippen molar-refractivity contribution in [3.8, 4) is 0 Å². The van der Waals surface area contributed by atoms with Crippen LogP contribution in [0, 0.1) is 0 Å². The van der Waals surface area contributed by atoms with Gasteiger partial charge in [-0.15, -0.1) is 0 Å². The molecule has 1 aliphatic carbocycles. The number of aromatic nitrogens is 2. The second-order valence-corrected chi connectivity index (χ2v) is 6.79. The highest BCUT2D eigenvalue weighted by Crippen LogP contribution is 2.30. The topological polar surface area (TPSA) is 69.8 Å². The van der Waals surface area contributed by atoms with Gasteiger partial charge in [-0.2, -0.15) is 0 Å². The molecule has 1 heterocycles. The van der Waals surface area contributed by atoms with Gasteiger partial charge < -0.3 is 15.6 Å². The van der Waals surface area contributed by atoms with Gasteiger partial charge in [-0.05, 0) is 30.9 Å². The molecule has 1 amide bonds. The van der Waals surface area contributed by atoms with Gasteiger partial charge >= 0.3 is 0 Å². The monoisotopic (exact) mass is 374 g/mol. The number of rotatable bonds is 7. The number of H-pyrrole nitrogens is 1. The molecule has 0 spiro atoms. The first-order valence-corrected chi connectivity index (χ1v) is 9.08. The van der Waals surface area contributed by atoms with E-state index >= 15 is 0 Å². The van der Waals surface area contributed by atoms with Crippen LogP contribution >= 0.6 is 0 Å². The van der Waals surface area contributed by atoms with E-state index in [0.29, 0.717) is 17.9 Å². The summed E-state index contributed by atoms with van der Waals surface area (Å²) in [6, 6.07) is 5.98. The summed E-state index contributed by atoms with van der Waals surface area (Å²) < 4.78 is 27.5. The normalized spacial score (nSPS) is 14.5. The zero-order valence-electron chi connectivity index (χ0n) is 15.5. The number of hydrogen-bond acceptors (Lipinski definition) is 3. The Morgan fingerprint density at radius 1 is 1.33 bits per heavy atom. The maximum atomic E-state index is 13.7. The number of benzene rings is 1. The van der Waals surface area contributed by atoms with E-state index in [4.69, 9.17) is 0 Å². The molecule has 1 aromatic carbocycles. The molecule has 0 saturated carbocycles. The number of nitrogens with zero attached hydrogens (tertiary/aromatic N) is 1. The van der Waals surface area contributed by atoms with Crippen LogP contribution < -0.4 is 21.3 Å². The van der Waals surface area contributed by atoms with Gasteiger partial charge in [0, 0.05) is 26.0 Å². The molecule has 1 aliphatic rings. The lowest BCUT2D eigenvalue weighted by atomic mass is 9.98. The van der Waals surface area contributed by atoms with Crippen molar-refractivity contribution in [2.24, 2.45) is 0 Å². The van der Waals surface area contributed by atoms with Crippen LogP contribution in [0.15, 0.2) is 24.3 Å². The molecule has 7 heteroatoms. The molecule has 1 unspecified atom stereocenters. The Morgan fingerprint density at radius 3 is 2.81 bits per heavy atom. The number of nitrogens with one attached hydrogen (secondary N) is 3. The standard InChI is InChI=1S/C20H24F2N4O/c1-20(21,22)14-7-5-6-13(12-14)15(10-11-18(27)23-2)24-19-25-16-8-3-4-9-17(16)26-19/h5-9,12,15H,3-4,10-11H2,1-2H3,(H,23,27)(H2,24,25,26). The van der Waals surface area contributed by atoms with E-state index in [-0.39, 0.29) is 23.9 Å². The predicted octanol–water partition coefficient (Wildman–Crippen LogP) is 2.56. The van der Waals surface area contributed by atoms with Crippen LogP contribution in [-0.4, -0.2) is 22.9 Å². The van der Waals surface area contributed by atoms with E-state index in [1.54, 1.807) is 19.2 Å². The lowest BCUT2D eigenvalue weighted by molar-refractivity contribution is -0.120. The summed E-state index contributed by atoms with van der Waals surface area (Å²) in [5.41, 5.74) is 0.646. The quantitative estimate of drug-likeness (QED) is 0.698. The molecule has 0 aliphatic heterocycles. The Kier molecular flexibility index (Phi) is 5.58. The van der Waals surface area contributed by atoms with E-state index < -0.39 is 5.92 Å². The SMILES string of the molecule is CNC(=O)CCC(Nc1nc2c([nH]1)=CCCC=2)c1cccc(C(C)(F)F)c1. The Labute approximate surface area is 156 Å². The fraction of sp³-hybridized carbons (Fsp3) is 0.400. The molecule has 0 bridgehead atoms. The molecule has 0 saturated heterocycles. The molecule has 3 rings (SSSR count). The fourth-order valence-electron chi connectivity index (χ4n) is 3.14. The van der Waals surface area contributed by atoms with Gasteiger partial charge in [0.1, 0.15) is 0 Å². The minimum Gasteiger partial charge on any atom is -0.359 e. The Hall–Kier alpha value is -2.70. The van der Waals surface area contributed by atoms with E-state index in [1.807, 2.05) is 0 Å². The van der Waals surface area contributed by atoms with Crippen LogP contribution in [0.3, 0.4) is 0 Å². The third kappa shape index (κ3) is 4.72. The maximum Gasteiger partial charge on any atom is 0.270 e. The highest BCUT2D eigenvalue weighted by molar-refractivity contribution is 5.75. The summed E-state index contributed by atoms with van der Waals surface area (Å²) in [5.74, 6) is -2.45. The Morgan fingerprint density at radius 2 is 2.11 bits per heavy atom. The third-order valence-electron chi connectivity index (χ3n) is 4.66. The number of amides is 1. The third-order valence-corrected chi connectivity index (χ3v) is 4.66. The smallest absolute Gasteiger partial charge is 0.270 e. The number of fused-ring (bicyclic) bond motifs is 1. The van der Waals surface area contributed by atoms with Crippen LogP contribution in [-0.2, 0) is 10.7 Å². The van der Waals surface area contributed by atoms with Gasteiger partial charge in [0.05, 0.1) is 16.7 Å². The van der Waals surface area contributed by atoms with Crippen molar-refractivity contribution >= 4 is 24.0 Å². The Balaban J connectivity index is 1.89. The van der Waals surface area contributed by atoms with Gasteiger partial charge in [-0.3, -0.25) is 4.79 Å². The number of halogens is 2. The van der Waals surface area contributed by atoms with Crippen molar-refractivity contribution in [1.29, 1.82) is 0 Å². The number of imidazole rings is 1. The summed E-state index contributed by atoms with van der Waals surface area (Å²) in [7, 11) is 1.58. The molecule has 0 radical (unpaired) electrons. The summed E-state index contributed by atoms with van der Waals surface area (Å²) in [6.07, 6.45) is 6.80. The zero-order valence-corrected chi connectivity index (χ0v) is 15.5. The summed E-state index contributed by atoms with van der Waals surface area (Å²) in [4.78, 5) is 19.4. The molecule has 3 N–H and O–H groups in total. The predicted molar refractivity (Wildman–Crippen MR) is 102 cm³/mol. The number of aromatic amines is 1. The number of carbonyl (C=O) groups is 1. The van der Waals surface area contributed by atoms with Crippen LogP contribution in [0.25, 0.3) is 12.2 Å². The van der Waals surface area contributed by atoms with Gasteiger partial charge in [0.15, 0.2) is 0 Å². The van der Waals surface area contributed by atoms with Gasteiger partial charge in [-0.1, -0.05) is 30.4 Å². The molecular weight excluding hydrogens is 350 g/mol. The van der Waals surface area contributed by atoms with Crippen molar-refractivity contribution in [3.63, 3.8) is 0 Å². The highest BCUT2D eigenvalue weighted by atomic mass is 19.3. The summed E-state index contributed by atoms with van der Waals surface area (Å²) in [5, 5.41) is 7.72. The van der Waals surface area contributed by atoms with Crippen molar-refractivity contribution in [2.45, 2.75) is 44.6 Å². The minimum absolute atomic E-state index is 0.0489. The zero-order chi connectivity index (χ0) is 19.4. The summed E-state index contributed by atoms with van der Waals surface area (Å²) in [6.45, 7) is 0.880. The second-order valence-electron chi connectivity index (χ2n) is 6.79. The van der Waals surface area contributed by atoms with Gasteiger partial charge in [0.2, 0.25) is 11.9 Å². The minimum atomic E-state index is -2.92. The molecule has 1 atom stereocenters.